The van der Waals surface area contributed by atoms with Crippen molar-refractivity contribution in [2.45, 2.75) is 19.8 Å². The van der Waals surface area contributed by atoms with E-state index < -0.39 is 11.1 Å². The molecule has 5 heteroatoms. The van der Waals surface area contributed by atoms with Gasteiger partial charge in [-0.2, -0.15) is 0 Å². The smallest absolute Gasteiger partial charge is 0.163 e. The Balaban J connectivity index is 3.90. The van der Waals surface area contributed by atoms with Gasteiger partial charge < -0.3 is 9.04 Å². The van der Waals surface area contributed by atoms with Gasteiger partial charge in [-0.05, 0) is 12.5 Å². The standard InChI is InChI=1S/C11H21NO3S/c1-10(2)11(13)6-8-12(3,4)7-5-9-16(14)15/h1,5-9H2,2-4H3/p+1. The monoisotopic (exact) mass is 248 g/mol. The van der Waals surface area contributed by atoms with E-state index in [1.54, 1.807) is 6.92 Å². The fourth-order valence-electron chi connectivity index (χ4n) is 1.35. The Labute approximate surface area is 100 Å². The lowest BCUT2D eigenvalue weighted by Gasteiger charge is -2.29. The summed E-state index contributed by atoms with van der Waals surface area (Å²) in [5.41, 5.74) is 0.594. The Morgan fingerprint density at radius 3 is 2.38 bits per heavy atom. The minimum Gasteiger partial charge on any atom is -0.328 e. The van der Waals surface area contributed by atoms with Crippen LogP contribution in [0.5, 0.6) is 0 Å². The maximum absolute atomic E-state index is 11.4. The average Bonchev–Trinajstić information content (AvgIpc) is 2.13. The van der Waals surface area contributed by atoms with Crippen molar-refractivity contribution < 1.29 is 18.0 Å². The van der Waals surface area contributed by atoms with Crippen LogP contribution in [0.1, 0.15) is 19.8 Å². The van der Waals surface area contributed by atoms with Gasteiger partial charge in [-0.1, -0.05) is 6.58 Å². The second-order valence-corrected chi connectivity index (χ2v) is 5.77. The van der Waals surface area contributed by atoms with E-state index in [9.17, 15) is 9.00 Å². The van der Waals surface area contributed by atoms with Crippen molar-refractivity contribution in [3.05, 3.63) is 12.2 Å². The molecule has 1 unspecified atom stereocenters. The maximum atomic E-state index is 11.4. The number of ketones is 1. The maximum Gasteiger partial charge on any atom is 0.163 e. The first-order valence-corrected chi connectivity index (χ1v) is 6.60. The number of quaternary nitrogens is 1. The number of carbonyl (C=O) groups excluding carboxylic acids is 1. The summed E-state index contributed by atoms with van der Waals surface area (Å²) in [5, 5.41) is 0. The van der Waals surface area contributed by atoms with Crippen molar-refractivity contribution >= 4 is 16.9 Å². The molecule has 0 aromatic heterocycles. The Morgan fingerprint density at radius 1 is 1.38 bits per heavy atom. The van der Waals surface area contributed by atoms with E-state index in [0.717, 1.165) is 13.1 Å². The highest BCUT2D eigenvalue weighted by Crippen LogP contribution is 2.05. The van der Waals surface area contributed by atoms with E-state index in [2.05, 4.69) is 6.58 Å². The van der Waals surface area contributed by atoms with Gasteiger partial charge in [0.15, 0.2) is 16.9 Å². The van der Waals surface area contributed by atoms with Gasteiger partial charge in [0.25, 0.3) is 0 Å². The van der Waals surface area contributed by atoms with E-state index in [-0.39, 0.29) is 5.78 Å². The van der Waals surface area contributed by atoms with Crippen LogP contribution in [-0.2, 0) is 15.9 Å². The Morgan fingerprint density at radius 2 is 1.94 bits per heavy atom. The Bertz CT molecular complexity index is 287. The molecule has 0 aliphatic carbocycles. The number of nitrogens with zero attached hydrogens (tertiary/aromatic N) is 1. The van der Waals surface area contributed by atoms with Gasteiger partial charge >= 0.3 is 0 Å². The number of carbonyl (C=O) groups is 1. The molecule has 16 heavy (non-hydrogen) atoms. The predicted octanol–water partition coefficient (Wildman–Crippen LogP) is 1.21. The molecule has 0 saturated heterocycles. The van der Waals surface area contributed by atoms with Crippen LogP contribution in [0.3, 0.4) is 0 Å². The number of hydrogen-bond acceptors (Lipinski definition) is 2. The number of allylic oxidation sites excluding steroid dienone is 1. The predicted molar refractivity (Wildman–Crippen MR) is 66.5 cm³/mol. The Hall–Kier alpha value is -0.520. The molecule has 0 heterocycles. The van der Waals surface area contributed by atoms with Crippen LogP contribution in [-0.4, -0.2) is 52.0 Å². The van der Waals surface area contributed by atoms with E-state index in [1.807, 2.05) is 14.1 Å². The molecular formula is C11H22NO3S+. The quantitative estimate of drug-likeness (QED) is 0.399. The van der Waals surface area contributed by atoms with Crippen LogP contribution >= 0.6 is 0 Å². The van der Waals surface area contributed by atoms with Crippen LogP contribution in [0.2, 0.25) is 0 Å². The van der Waals surface area contributed by atoms with Crippen LogP contribution in [0.25, 0.3) is 0 Å². The van der Waals surface area contributed by atoms with Crippen molar-refractivity contribution in [2.75, 3.05) is 32.9 Å². The lowest BCUT2D eigenvalue weighted by Crippen LogP contribution is -2.42. The second kappa shape index (κ2) is 6.93. The summed E-state index contributed by atoms with van der Waals surface area (Å²) in [6.07, 6.45) is 1.18. The van der Waals surface area contributed by atoms with Crippen molar-refractivity contribution in [3.63, 3.8) is 0 Å². The zero-order chi connectivity index (χ0) is 12.8. The normalized spacial score (nSPS) is 13.5. The molecule has 0 fully saturated rings. The van der Waals surface area contributed by atoms with E-state index >= 15 is 0 Å². The van der Waals surface area contributed by atoms with E-state index in [0.29, 0.717) is 28.7 Å². The van der Waals surface area contributed by atoms with Crippen LogP contribution in [0.15, 0.2) is 12.2 Å². The Kier molecular flexibility index (Phi) is 6.71. The summed E-state index contributed by atoms with van der Waals surface area (Å²) in [6, 6.07) is 0. The second-order valence-electron chi connectivity index (χ2n) is 4.72. The highest BCUT2D eigenvalue weighted by atomic mass is 32.2. The molecule has 1 N–H and O–H groups in total. The summed E-state index contributed by atoms with van der Waals surface area (Å²) in [6.45, 7) is 6.87. The lowest BCUT2D eigenvalue weighted by molar-refractivity contribution is -0.889. The summed E-state index contributed by atoms with van der Waals surface area (Å²) in [5.74, 6) is 0.396. The molecule has 94 valence electrons. The molecule has 0 saturated carbocycles. The third-order valence-corrected chi connectivity index (χ3v) is 3.14. The molecule has 0 aliphatic rings. The summed E-state index contributed by atoms with van der Waals surface area (Å²) < 4.78 is 19.8. The van der Waals surface area contributed by atoms with Crippen molar-refractivity contribution in [3.8, 4) is 0 Å². The van der Waals surface area contributed by atoms with E-state index in [1.165, 1.54) is 0 Å². The molecule has 0 aliphatic heterocycles. The molecular weight excluding hydrogens is 226 g/mol. The van der Waals surface area contributed by atoms with Crippen molar-refractivity contribution in [1.82, 2.24) is 0 Å². The lowest BCUT2D eigenvalue weighted by atomic mass is 10.1. The SMILES string of the molecule is C=C(C)C(=O)CC[N+](C)(C)CCCS(=O)O. The summed E-state index contributed by atoms with van der Waals surface area (Å²) >= 11 is -1.71. The molecule has 0 rings (SSSR count). The first-order chi connectivity index (χ1) is 7.24. The fourth-order valence-corrected chi connectivity index (χ4v) is 1.72. The van der Waals surface area contributed by atoms with E-state index in [4.69, 9.17) is 4.55 Å². The number of hydrogen-bond donors (Lipinski definition) is 1. The number of Topliss-reactive ketones (excluding diaryl/α,β-unsaturated/α-hetero) is 1. The largest absolute Gasteiger partial charge is 0.328 e. The average molecular weight is 248 g/mol. The van der Waals surface area contributed by atoms with Gasteiger partial charge in [-0.25, -0.2) is 4.21 Å². The molecule has 0 spiro atoms. The minimum atomic E-state index is -1.71. The van der Waals surface area contributed by atoms with Gasteiger partial charge in [0, 0.05) is 6.42 Å². The molecule has 4 nitrogen and oxygen atoms in total. The van der Waals surface area contributed by atoms with Crippen molar-refractivity contribution in [2.24, 2.45) is 0 Å². The highest BCUT2D eigenvalue weighted by molar-refractivity contribution is 7.79. The van der Waals surface area contributed by atoms with Gasteiger partial charge in [0.05, 0.1) is 39.4 Å². The number of rotatable bonds is 8. The highest BCUT2D eigenvalue weighted by Gasteiger charge is 2.17. The summed E-state index contributed by atoms with van der Waals surface area (Å²) in [4.78, 5) is 11.4. The first-order valence-electron chi connectivity index (χ1n) is 5.33. The minimum absolute atomic E-state index is 0.0944. The van der Waals surface area contributed by atoms with Gasteiger partial charge in [0.2, 0.25) is 0 Å². The van der Waals surface area contributed by atoms with Crippen LogP contribution in [0, 0.1) is 0 Å². The van der Waals surface area contributed by atoms with Gasteiger partial charge in [0.1, 0.15) is 0 Å². The van der Waals surface area contributed by atoms with Gasteiger partial charge in [-0.3, -0.25) is 4.79 Å². The van der Waals surface area contributed by atoms with Crippen LogP contribution in [0.4, 0.5) is 0 Å². The molecule has 0 amide bonds. The zero-order valence-corrected chi connectivity index (χ0v) is 11.2. The fraction of sp³-hybridized carbons (Fsp3) is 0.727. The molecule has 0 bridgehead atoms. The first kappa shape index (κ1) is 15.5. The molecule has 0 aromatic carbocycles. The zero-order valence-electron chi connectivity index (χ0n) is 10.4. The molecule has 0 radical (unpaired) electrons. The third-order valence-electron chi connectivity index (χ3n) is 2.50. The van der Waals surface area contributed by atoms with Crippen LogP contribution < -0.4 is 0 Å². The summed E-state index contributed by atoms with van der Waals surface area (Å²) in [7, 11) is 4.04. The van der Waals surface area contributed by atoms with Crippen molar-refractivity contribution in [1.29, 1.82) is 0 Å². The van der Waals surface area contributed by atoms with Gasteiger partial charge in [-0.15, -0.1) is 0 Å². The topological polar surface area (TPSA) is 54.4 Å². The molecule has 1 atom stereocenters. The third kappa shape index (κ3) is 7.73. The molecule has 0 aromatic rings.